The molecule has 0 aromatic heterocycles. The summed E-state index contributed by atoms with van der Waals surface area (Å²) < 4.78 is 13.3. The molecule has 3 heteroatoms. The molecule has 0 radical (unpaired) electrons. The van der Waals surface area contributed by atoms with Gasteiger partial charge in [-0.1, -0.05) is 24.6 Å². The van der Waals surface area contributed by atoms with Gasteiger partial charge in [0.1, 0.15) is 5.82 Å². The van der Waals surface area contributed by atoms with Gasteiger partial charge >= 0.3 is 0 Å². The molecule has 2 nitrogen and oxygen atoms in total. The van der Waals surface area contributed by atoms with Crippen LogP contribution in [0.25, 0.3) is 0 Å². The zero-order chi connectivity index (χ0) is 11.4. The lowest BCUT2D eigenvalue weighted by Crippen LogP contribution is -2.41. The van der Waals surface area contributed by atoms with Gasteiger partial charge in [0.05, 0.1) is 0 Å². The van der Waals surface area contributed by atoms with Gasteiger partial charge in [0, 0.05) is 12.1 Å². The zero-order valence-electron chi connectivity index (χ0n) is 9.45. The van der Waals surface area contributed by atoms with E-state index in [9.17, 15) is 4.39 Å². The topological polar surface area (TPSA) is 38.0 Å². The maximum Gasteiger partial charge on any atom is 0.126 e. The monoisotopic (exact) mass is 222 g/mol. The van der Waals surface area contributed by atoms with Crippen LogP contribution in [0.3, 0.4) is 0 Å². The van der Waals surface area contributed by atoms with Gasteiger partial charge in [0.25, 0.3) is 0 Å². The second-order valence-corrected chi connectivity index (χ2v) is 4.50. The van der Waals surface area contributed by atoms with Crippen molar-refractivity contribution in [2.24, 2.45) is 5.73 Å². The van der Waals surface area contributed by atoms with Crippen molar-refractivity contribution in [3.8, 4) is 0 Å². The van der Waals surface area contributed by atoms with Crippen LogP contribution in [0, 0.1) is 5.82 Å². The van der Waals surface area contributed by atoms with Gasteiger partial charge in [0.15, 0.2) is 0 Å². The first-order valence-corrected chi connectivity index (χ1v) is 6.00. The quantitative estimate of drug-likeness (QED) is 0.815. The summed E-state index contributed by atoms with van der Waals surface area (Å²) in [6.45, 7) is 0.805. The maximum absolute atomic E-state index is 13.3. The first-order chi connectivity index (χ1) is 7.77. The highest BCUT2D eigenvalue weighted by molar-refractivity contribution is 5.17. The summed E-state index contributed by atoms with van der Waals surface area (Å²) in [5.41, 5.74) is 6.73. The van der Waals surface area contributed by atoms with E-state index in [4.69, 9.17) is 5.73 Å². The number of rotatable bonds is 4. The average molecular weight is 222 g/mol. The number of nitrogens with one attached hydrogen (secondary N) is 1. The Kier molecular flexibility index (Phi) is 3.91. The first-order valence-electron chi connectivity index (χ1n) is 6.00. The third-order valence-corrected chi connectivity index (χ3v) is 3.33. The molecule has 1 aromatic rings. The summed E-state index contributed by atoms with van der Waals surface area (Å²) in [5.74, 6) is -0.111. The Morgan fingerprint density at radius 1 is 1.31 bits per heavy atom. The van der Waals surface area contributed by atoms with E-state index in [1.165, 1.54) is 12.5 Å². The van der Waals surface area contributed by atoms with E-state index in [1.54, 1.807) is 6.07 Å². The highest BCUT2D eigenvalue weighted by atomic mass is 19.1. The Morgan fingerprint density at radius 2 is 2.12 bits per heavy atom. The summed E-state index contributed by atoms with van der Waals surface area (Å²) in [6, 6.07) is 7.65. The smallest absolute Gasteiger partial charge is 0.126 e. The highest BCUT2D eigenvalue weighted by Gasteiger charge is 2.22. The van der Waals surface area contributed by atoms with Crippen LogP contribution in [0.2, 0.25) is 0 Å². The molecule has 1 aliphatic rings. The summed E-state index contributed by atoms with van der Waals surface area (Å²) in [6.07, 6.45) is 4.20. The number of halogens is 1. The molecular formula is C13H19FN2. The van der Waals surface area contributed by atoms with Crippen molar-refractivity contribution in [1.82, 2.24) is 5.32 Å². The van der Waals surface area contributed by atoms with E-state index in [2.05, 4.69) is 5.32 Å². The van der Waals surface area contributed by atoms with Gasteiger partial charge in [-0.05, 0) is 37.4 Å². The molecule has 88 valence electrons. The molecule has 1 aromatic carbocycles. The lowest BCUT2D eigenvalue weighted by molar-refractivity contribution is 0.476. The molecule has 2 atom stereocenters. The van der Waals surface area contributed by atoms with Crippen molar-refractivity contribution in [2.45, 2.75) is 37.8 Å². The van der Waals surface area contributed by atoms with E-state index >= 15 is 0 Å². The van der Waals surface area contributed by atoms with Crippen LogP contribution < -0.4 is 11.1 Å². The van der Waals surface area contributed by atoms with E-state index in [1.807, 2.05) is 12.1 Å². The zero-order valence-corrected chi connectivity index (χ0v) is 9.45. The summed E-state index contributed by atoms with van der Waals surface area (Å²) in [5, 5.41) is 3.42. The third-order valence-electron chi connectivity index (χ3n) is 3.33. The first kappa shape index (κ1) is 11.6. The van der Waals surface area contributed by atoms with Crippen molar-refractivity contribution >= 4 is 0 Å². The Bertz CT molecular complexity index is 340. The van der Waals surface area contributed by atoms with Crippen LogP contribution in [0.15, 0.2) is 24.3 Å². The number of hydrogen-bond acceptors (Lipinski definition) is 2. The van der Waals surface area contributed by atoms with Crippen molar-refractivity contribution in [3.05, 3.63) is 35.6 Å². The van der Waals surface area contributed by atoms with Crippen LogP contribution >= 0.6 is 0 Å². The highest BCUT2D eigenvalue weighted by Crippen LogP contribution is 2.17. The normalized spacial score (nSPS) is 24.9. The van der Waals surface area contributed by atoms with E-state index in [0.717, 1.165) is 31.4 Å². The molecule has 3 N–H and O–H groups in total. The Labute approximate surface area is 96.0 Å². The molecule has 0 heterocycles. The molecule has 0 aliphatic heterocycles. The van der Waals surface area contributed by atoms with Gasteiger partial charge in [-0.25, -0.2) is 4.39 Å². The number of benzene rings is 1. The molecule has 16 heavy (non-hydrogen) atoms. The summed E-state index contributed by atoms with van der Waals surface area (Å²) in [4.78, 5) is 0. The lowest BCUT2D eigenvalue weighted by atomic mass is 10.1. The molecule has 0 amide bonds. The van der Waals surface area contributed by atoms with Crippen LogP contribution in [-0.4, -0.2) is 18.6 Å². The summed E-state index contributed by atoms with van der Waals surface area (Å²) >= 11 is 0. The second-order valence-electron chi connectivity index (χ2n) is 4.50. The molecule has 1 saturated carbocycles. The number of hydrogen-bond donors (Lipinski definition) is 2. The molecule has 2 rings (SSSR count). The molecule has 0 spiro atoms. The maximum atomic E-state index is 13.3. The van der Waals surface area contributed by atoms with E-state index in [0.29, 0.717) is 6.04 Å². The SMILES string of the molecule is NC1CCCC1NCCc1ccccc1F. The van der Waals surface area contributed by atoms with E-state index < -0.39 is 0 Å². The van der Waals surface area contributed by atoms with Gasteiger partial charge in [-0.3, -0.25) is 0 Å². The largest absolute Gasteiger partial charge is 0.326 e. The molecule has 2 unspecified atom stereocenters. The predicted molar refractivity (Wildman–Crippen MR) is 63.7 cm³/mol. The van der Waals surface area contributed by atoms with Crippen LogP contribution in [-0.2, 0) is 6.42 Å². The fraction of sp³-hybridized carbons (Fsp3) is 0.538. The molecule has 0 saturated heterocycles. The Balaban J connectivity index is 1.78. The van der Waals surface area contributed by atoms with Crippen LogP contribution in [0.1, 0.15) is 24.8 Å². The summed E-state index contributed by atoms with van der Waals surface area (Å²) in [7, 11) is 0. The molecule has 0 bridgehead atoms. The Hall–Kier alpha value is -0.930. The average Bonchev–Trinajstić information content (AvgIpc) is 2.67. The van der Waals surface area contributed by atoms with Crippen molar-refractivity contribution in [1.29, 1.82) is 0 Å². The minimum absolute atomic E-state index is 0.111. The molecular weight excluding hydrogens is 203 g/mol. The number of nitrogens with two attached hydrogens (primary N) is 1. The minimum atomic E-state index is -0.111. The van der Waals surface area contributed by atoms with E-state index in [-0.39, 0.29) is 11.9 Å². The van der Waals surface area contributed by atoms with Gasteiger partial charge in [-0.2, -0.15) is 0 Å². The van der Waals surface area contributed by atoms with Gasteiger partial charge in [-0.15, -0.1) is 0 Å². The van der Waals surface area contributed by atoms with Crippen molar-refractivity contribution < 1.29 is 4.39 Å². The fourth-order valence-corrected chi connectivity index (χ4v) is 2.34. The molecule has 1 aliphatic carbocycles. The predicted octanol–water partition coefficient (Wildman–Crippen LogP) is 1.84. The minimum Gasteiger partial charge on any atom is -0.326 e. The lowest BCUT2D eigenvalue weighted by Gasteiger charge is -2.17. The third kappa shape index (κ3) is 2.80. The van der Waals surface area contributed by atoms with Crippen LogP contribution in [0.5, 0.6) is 0 Å². The second kappa shape index (κ2) is 5.41. The Morgan fingerprint density at radius 3 is 2.81 bits per heavy atom. The van der Waals surface area contributed by atoms with Gasteiger partial charge < -0.3 is 11.1 Å². The van der Waals surface area contributed by atoms with Gasteiger partial charge in [0.2, 0.25) is 0 Å². The van der Waals surface area contributed by atoms with Crippen LogP contribution in [0.4, 0.5) is 4.39 Å². The fourth-order valence-electron chi connectivity index (χ4n) is 2.34. The standard InChI is InChI=1S/C13H19FN2/c14-11-5-2-1-4-10(11)8-9-16-13-7-3-6-12(13)15/h1-2,4-5,12-13,16H,3,6-9,15H2. The molecule has 1 fully saturated rings. The van der Waals surface area contributed by atoms with Crippen molar-refractivity contribution in [2.75, 3.05) is 6.54 Å². The van der Waals surface area contributed by atoms with Crippen molar-refractivity contribution in [3.63, 3.8) is 0 Å².